The summed E-state index contributed by atoms with van der Waals surface area (Å²) >= 11 is 0. The van der Waals surface area contributed by atoms with Crippen molar-refractivity contribution in [3.8, 4) is 23.1 Å². The van der Waals surface area contributed by atoms with E-state index in [-0.39, 0.29) is 17.8 Å². The maximum Gasteiger partial charge on any atom is 0.225 e. The molecule has 0 fully saturated rings. The van der Waals surface area contributed by atoms with E-state index in [4.69, 9.17) is 10.5 Å². The van der Waals surface area contributed by atoms with E-state index in [1.807, 2.05) is 63.2 Å². The van der Waals surface area contributed by atoms with Crippen LogP contribution in [0.2, 0.25) is 0 Å². The third-order valence-corrected chi connectivity index (χ3v) is 5.89. The van der Waals surface area contributed by atoms with Gasteiger partial charge in [0.25, 0.3) is 0 Å². The molecule has 0 amide bonds. The van der Waals surface area contributed by atoms with Crippen LogP contribution in [0.15, 0.2) is 47.5 Å². The fraction of sp³-hybridized carbons (Fsp3) is 0.240. The lowest BCUT2D eigenvalue weighted by Gasteiger charge is -2.30. The SMILES string of the molecule is CC1=Nc2nc(N)nc(OC(C)C)c2C(c2cccc3c2-c2ccccc2C3=O)C1C#N. The van der Waals surface area contributed by atoms with Gasteiger partial charge in [-0.3, -0.25) is 4.79 Å². The average Bonchev–Trinajstić information content (AvgIpc) is 3.05. The van der Waals surface area contributed by atoms with E-state index in [9.17, 15) is 10.1 Å². The molecule has 1 aromatic heterocycles. The zero-order valence-electron chi connectivity index (χ0n) is 18.0. The molecule has 2 N–H and O–H groups in total. The van der Waals surface area contributed by atoms with E-state index in [0.717, 1.165) is 16.7 Å². The number of anilines is 1. The minimum Gasteiger partial charge on any atom is -0.475 e. The standard InChI is InChI=1S/C25H21N5O2/c1-12(2)32-24-21-20(18(11-26)13(3)28-23(21)29-25(27)30-24)16-9-6-10-17-19(16)14-7-4-5-8-15(14)22(17)31/h4-10,12,18,20H,1-3H3,(H2,27,29,30). The molecule has 2 atom stereocenters. The summed E-state index contributed by atoms with van der Waals surface area (Å²) in [7, 11) is 0. The molecule has 0 saturated carbocycles. The number of hydrogen-bond donors (Lipinski definition) is 1. The van der Waals surface area contributed by atoms with Gasteiger partial charge in [-0.05, 0) is 37.5 Å². The first-order valence-electron chi connectivity index (χ1n) is 10.5. The first kappa shape index (κ1) is 19.9. The van der Waals surface area contributed by atoms with Crippen LogP contribution in [-0.4, -0.2) is 27.6 Å². The maximum absolute atomic E-state index is 13.1. The van der Waals surface area contributed by atoms with Gasteiger partial charge in [-0.25, -0.2) is 4.99 Å². The molecule has 3 aromatic rings. The molecule has 2 aromatic carbocycles. The Morgan fingerprint density at radius 1 is 1.06 bits per heavy atom. The topological polar surface area (TPSA) is 114 Å². The first-order chi connectivity index (χ1) is 15.4. The highest BCUT2D eigenvalue weighted by molar-refractivity contribution is 6.22. The van der Waals surface area contributed by atoms with Crippen molar-refractivity contribution in [1.82, 2.24) is 9.97 Å². The van der Waals surface area contributed by atoms with Gasteiger partial charge in [0.1, 0.15) is 0 Å². The number of hydrogen-bond acceptors (Lipinski definition) is 7. The predicted octanol–water partition coefficient (Wildman–Crippen LogP) is 4.44. The molecule has 2 unspecified atom stereocenters. The van der Waals surface area contributed by atoms with Crippen molar-refractivity contribution in [1.29, 1.82) is 5.26 Å². The number of nitrogens with two attached hydrogens (primary N) is 1. The van der Waals surface area contributed by atoms with Crippen molar-refractivity contribution in [3.05, 3.63) is 64.7 Å². The molecule has 2 aliphatic rings. The van der Waals surface area contributed by atoms with E-state index in [2.05, 4.69) is 21.0 Å². The van der Waals surface area contributed by atoms with Gasteiger partial charge in [-0.15, -0.1) is 0 Å². The molecule has 5 rings (SSSR count). The molecule has 0 spiro atoms. The fourth-order valence-electron chi connectivity index (χ4n) is 4.63. The Labute approximate surface area is 185 Å². The van der Waals surface area contributed by atoms with Gasteiger partial charge >= 0.3 is 0 Å². The molecule has 1 aliphatic carbocycles. The van der Waals surface area contributed by atoms with Crippen LogP contribution in [0.5, 0.6) is 5.88 Å². The predicted molar refractivity (Wildman–Crippen MR) is 121 cm³/mol. The smallest absolute Gasteiger partial charge is 0.225 e. The number of nitrogen functional groups attached to an aromatic ring is 1. The van der Waals surface area contributed by atoms with Gasteiger partial charge in [-0.2, -0.15) is 15.2 Å². The van der Waals surface area contributed by atoms with E-state index in [1.54, 1.807) is 0 Å². The van der Waals surface area contributed by atoms with Crippen molar-refractivity contribution in [2.45, 2.75) is 32.8 Å². The van der Waals surface area contributed by atoms with Gasteiger partial charge in [-0.1, -0.05) is 42.5 Å². The summed E-state index contributed by atoms with van der Waals surface area (Å²) in [4.78, 5) is 26.4. The number of ketones is 1. The molecule has 2 heterocycles. The Morgan fingerprint density at radius 2 is 1.78 bits per heavy atom. The van der Waals surface area contributed by atoms with Crippen LogP contribution in [0.3, 0.4) is 0 Å². The second kappa shape index (κ2) is 7.27. The Hall–Kier alpha value is -4.05. The fourth-order valence-corrected chi connectivity index (χ4v) is 4.63. The van der Waals surface area contributed by atoms with Crippen LogP contribution >= 0.6 is 0 Å². The first-order valence-corrected chi connectivity index (χ1v) is 10.5. The summed E-state index contributed by atoms with van der Waals surface area (Å²) in [5, 5.41) is 10.1. The quantitative estimate of drug-likeness (QED) is 0.521. The third-order valence-electron chi connectivity index (χ3n) is 5.89. The van der Waals surface area contributed by atoms with Crippen molar-refractivity contribution in [2.24, 2.45) is 10.9 Å². The molecular formula is C25H21N5O2. The number of carbonyl (C=O) groups is 1. The number of fused-ring (bicyclic) bond motifs is 4. The summed E-state index contributed by atoms with van der Waals surface area (Å²) < 4.78 is 6.01. The highest BCUT2D eigenvalue weighted by Gasteiger charge is 2.41. The van der Waals surface area contributed by atoms with Crippen LogP contribution in [0.25, 0.3) is 11.1 Å². The van der Waals surface area contributed by atoms with Crippen LogP contribution < -0.4 is 10.5 Å². The second-order valence-corrected chi connectivity index (χ2v) is 8.27. The molecule has 0 bridgehead atoms. The van der Waals surface area contributed by atoms with Crippen LogP contribution in [-0.2, 0) is 0 Å². The lowest BCUT2D eigenvalue weighted by Crippen LogP contribution is -2.26. The molecule has 32 heavy (non-hydrogen) atoms. The number of nitrogens with zero attached hydrogens (tertiary/aromatic N) is 4. The normalized spacial score (nSPS) is 18.5. The van der Waals surface area contributed by atoms with E-state index >= 15 is 0 Å². The van der Waals surface area contributed by atoms with Crippen molar-refractivity contribution in [3.63, 3.8) is 0 Å². The highest BCUT2D eigenvalue weighted by atomic mass is 16.5. The number of ether oxygens (including phenoxy) is 1. The summed E-state index contributed by atoms with van der Waals surface area (Å²) in [6.07, 6.45) is -0.162. The largest absolute Gasteiger partial charge is 0.475 e. The summed E-state index contributed by atoms with van der Waals surface area (Å²) in [6.45, 7) is 5.61. The zero-order chi connectivity index (χ0) is 22.6. The lowest BCUT2D eigenvalue weighted by atomic mass is 9.75. The molecule has 0 radical (unpaired) electrons. The number of nitriles is 1. The summed E-state index contributed by atoms with van der Waals surface area (Å²) in [6, 6.07) is 15.6. The van der Waals surface area contributed by atoms with Gasteiger partial charge in [0.05, 0.1) is 23.7 Å². The van der Waals surface area contributed by atoms with Crippen molar-refractivity contribution < 1.29 is 9.53 Å². The Balaban J connectivity index is 1.83. The molecule has 0 saturated heterocycles. The Kier molecular flexibility index (Phi) is 4.52. The molecule has 7 heteroatoms. The van der Waals surface area contributed by atoms with Gasteiger partial charge < -0.3 is 10.5 Å². The molecule has 7 nitrogen and oxygen atoms in total. The van der Waals surface area contributed by atoms with Crippen LogP contribution in [0, 0.1) is 17.2 Å². The molecule has 158 valence electrons. The van der Waals surface area contributed by atoms with Gasteiger partial charge in [0, 0.05) is 22.8 Å². The van der Waals surface area contributed by atoms with E-state index in [0.29, 0.717) is 34.1 Å². The monoisotopic (exact) mass is 423 g/mol. The van der Waals surface area contributed by atoms with E-state index in [1.165, 1.54) is 0 Å². The van der Waals surface area contributed by atoms with E-state index < -0.39 is 11.8 Å². The number of rotatable bonds is 3. The summed E-state index contributed by atoms with van der Waals surface area (Å²) in [5.74, 6) is -0.269. The highest BCUT2D eigenvalue weighted by Crippen LogP contribution is 2.50. The Morgan fingerprint density at radius 3 is 2.50 bits per heavy atom. The minimum absolute atomic E-state index is 0.0143. The van der Waals surface area contributed by atoms with Crippen LogP contribution in [0.1, 0.15) is 53.7 Å². The van der Waals surface area contributed by atoms with Crippen molar-refractivity contribution >= 4 is 23.3 Å². The average molecular weight is 423 g/mol. The second-order valence-electron chi connectivity index (χ2n) is 8.27. The maximum atomic E-state index is 13.1. The number of aliphatic imine (C=N–C) groups is 1. The minimum atomic E-state index is -0.571. The Bertz CT molecular complexity index is 1350. The zero-order valence-corrected chi connectivity index (χ0v) is 18.0. The number of aromatic nitrogens is 2. The van der Waals surface area contributed by atoms with Gasteiger partial charge in [0.2, 0.25) is 11.8 Å². The van der Waals surface area contributed by atoms with Gasteiger partial charge in [0.15, 0.2) is 11.6 Å². The molecule has 1 aliphatic heterocycles. The molecular weight excluding hydrogens is 402 g/mol. The summed E-state index contributed by atoms with van der Waals surface area (Å²) in [5.41, 5.74) is 11.0. The number of benzene rings is 2. The van der Waals surface area contributed by atoms with Crippen LogP contribution in [0.4, 0.5) is 11.8 Å². The lowest BCUT2D eigenvalue weighted by molar-refractivity contribution is 0.104. The number of carbonyl (C=O) groups excluding carboxylic acids is 1. The van der Waals surface area contributed by atoms with Crippen molar-refractivity contribution in [2.75, 3.05) is 5.73 Å². The third kappa shape index (κ3) is 2.88.